The van der Waals surface area contributed by atoms with Crippen LogP contribution >= 0.6 is 0 Å². The lowest BCUT2D eigenvalue weighted by Gasteiger charge is -2.22. The Labute approximate surface area is 140 Å². The van der Waals surface area contributed by atoms with Crippen LogP contribution in [0, 0.1) is 12.7 Å². The Hall–Kier alpha value is -2.88. The molecule has 24 heavy (non-hydrogen) atoms. The van der Waals surface area contributed by atoms with Gasteiger partial charge in [0.1, 0.15) is 11.6 Å². The molecule has 2 aromatic carbocycles. The SMILES string of the molecule is Cc1ccc(C(=O)N(Cc2ccco2)Cc2ccccc2F)cc1. The standard InChI is InChI=1S/C20H18FNO2/c1-15-8-10-16(11-9-15)20(23)22(14-18-6-4-12-24-18)13-17-5-2-3-7-19(17)21/h2-12H,13-14H2,1H3. The molecule has 0 saturated carbocycles. The summed E-state index contributed by atoms with van der Waals surface area (Å²) in [6, 6.07) is 17.4. The van der Waals surface area contributed by atoms with Crippen LogP contribution in [0.2, 0.25) is 0 Å². The van der Waals surface area contributed by atoms with Gasteiger partial charge in [-0.3, -0.25) is 4.79 Å². The molecule has 3 aromatic rings. The largest absolute Gasteiger partial charge is 0.467 e. The Morgan fingerprint density at radius 1 is 1.00 bits per heavy atom. The molecule has 0 aliphatic rings. The summed E-state index contributed by atoms with van der Waals surface area (Å²) < 4.78 is 19.3. The van der Waals surface area contributed by atoms with Gasteiger partial charge in [-0.15, -0.1) is 0 Å². The topological polar surface area (TPSA) is 33.5 Å². The van der Waals surface area contributed by atoms with Gasteiger partial charge in [-0.1, -0.05) is 35.9 Å². The maximum absolute atomic E-state index is 14.0. The fourth-order valence-corrected chi connectivity index (χ4v) is 2.50. The lowest BCUT2D eigenvalue weighted by molar-refractivity contribution is 0.0716. The predicted molar refractivity (Wildman–Crippen MR) is 89.9 cm³/mol. The van der Waals surface area contributed by atoms with Crippen molar-refractivity contribution in [3.63, 3.8) is 0 Å². The maximum Gasteiger partial charge on any atom is 0.254 e. The maximum atomic E-state index is 14.0. The third kappa shape index (κ3) is 3.71. The first-order valence-electron chi connectivity index (χ1n) is 7.75. The minimum Gasteiger partial charge on any atom is -0.467 e. The Balaban J connectivity index is 1.87. The third-order valence-corrected chi connectivity index (χ3v) is 3.83. The zero-order valence-corrected chi connectivity index (χ0v) is 13.4. The van der Waals surface area contributed by atoms with Crippen LogP contribution in [-0.2, 0) is 13.1 Å². The van der Waals surface area contributed by atoms with Gasteiger partial charge < -0.3 is 9.32 Å². The second kappa shape index (κ2) is 7.13. The van der Waals surface area contributed by atoms with Gasteiger partial charge in [0.2, 0.25) is 0 Å². The zero-order chi connectivity index (χ0) is 16.9. The van der Waals surface area contributed by atoms with Crippen molar-refractivity contribution in [2.45, 2.75) is 20.0 Å². The summed E-state index contributed by atoms with van der Waals surface area (Å²) in [6.07, 6.45) is 1.56. The molecule has 0 aliphatic heterocycles. The summed E-state index contributed by atoms with van der Waals surface area (Å²) in [5.41, 5.74) is 2.13. The fourth-order valence-electron chi connectivity index (χ4n) is 2.50. The Kier molecular flexibility index (Phi) is 4.75. The Bertz CT molecular complexity index is 810. The number of aryl methyl sites for hydroxylation is 1. The molecule has 1 heterocycles. The van der Waals surface area contributed by atoms with Gasteiger partial charge in [-0.05, 0) is 37.3 Å². The van der Waals surface area contributed by atoms with Crippen molar-refractivity contribution in [2.24, 2.45) is 0 Å². The molecule has 0 atom stereocenters. The van der Waals surface area contributed by atoms with Crippen LogP contribution in [0.1, 0.15) is 27.2 Å². The highest BCUT2D eigenvalue weighted by Crippen LogP contribution is 2.17. The van der Waals surface area contributed by atoms with E-state index in [1.807, 2.05) is 19.1 Å². The second-order valence-electron chi connectivity index (χ2n) is 5.70. The number of benzene rings is 2. The highest BCUT2D eigenvalue weighted by molar-refractivity contribution is 5.94. The van der Waals surface area contributed by atoms with Crippen LogP contribution in [0.4, 0.5) is 4.39 Å². The highest BCUT2D eigenvalue weighted by Gasteiger charge is 2.19. The van der Waals surface area contributed by atoms with Gasteiger partial charge in [0.25, 0.3) is 5.91 Å². The van der Waals surface area contributed by atoms with Gasteiger partial charge in [0.05, 0.1) is 12.8 Å². The fraction of sp³-hybridized carbons (Fsp3) is 0.150. The first kappa shape index (κ1) is 16.0. The first-order valence-corrected chi connectivity index (χ1v) is 7.75. The van der Waals surface area contributed by atoms with Crippen molar-refractivity contribution in [3.05, 3.63) is 95.2 Å². The number of rotatable bonds is 5. The number of nitrogens with zero attached hydrogens (tertiary/aromatic N) is 1. The van der Waals surface area contributed by atoms with E-state index in [9.17, 15) is 9.18 Å². The minimum atomic E-state index is -0.321. The Morgan fingerprint density at radius 2 is 1.75 bits per heavy atom. The number of carbonyl (C=O) groups is 1. The molecule has 0 radical (unpaired) electrons. The molecule has 0 spiro atoms. The number of hydrogen-bond donors (Lipinski definition) is 0. The van der Waals surface area contributed by atoms with E-state index in [4.69, 9.17) is 4.42 Å². The molecular weight excluding hydrogens is 305 g/mol. The molecule has 1 aromatic heterocycles. The van der Waals surface area contributed by atoms with Gasteiger partial charge in [0.15, 0.2) is 0 Å². The minimum absolute atomic E-state index is 0.158. The molecule has 3 rings (SSSR count). The molecule has 0 bridgehead atoms. The lowest BCUT2D eigenvalue weighted by atomic mass is 10.1. The monoisotopic (exact) mass is 323 g/mol. The number of hydrogen-bond acceptors (Lipinski definition) is 2. The summed E-state index contributed by atoms with van der Waals surface area (Å²) in [7, 11) is 0. The zero-order valence-electron chi connectivity index (χ0n) is 13.4. The van der Waals surface area contributed by atoms with Crippen LogP contribution in [0.3, 0.4) is 0 Å². The van der Waals surface area contributed by atoms with E-state index in [1.54, 1.807) is 53.6 Å². The summed E-state index contributed by atoms with van der Waals surface area (Å²) in [5, 5.41) is 0. The van der Waals surface area contributed by atoms with Crippen molar-refractivity contribution in [3.8, 4) is 0 Å². The number of halogens is 1. The lowest BCUT2D eigenvalue weighted by Crippen LogP contribution is -2.30. The van der Waals surface area contributed by atoms with Crippen LogP contribution in [0.5, 0.6) is 0 Å². The van der Waals surface area contributed by atoms with Crippen molar-refractivity contribution in [1.29, 1.82) is 0 Å². The normalized spacial score (nSPS) is 10.6. The number of amides is 1. The Morgan fingerprint density at radius 3 is 2.42 bits per heavy atom. The van der Waals surface area contributed by atoms with E-state index in [0.29, 0.717) is 16.9 Å². The van der Waals surface area contributed by atoms with Gasteiger partial charge in [-0.25, -0.2) is 4.39 Å². The molecule has 122 valence electrons. The van der Waals surface area contributed by atoms with E-state index >= 15 is 0 Å². The van der Waals surface area contributed by atoms with Crippen molar-refractivity contribution in [1.82, 2.24) is 4.90 Å². The highest BCUT2D eigenvalue weighted by atomic mass is 19.1. The average Bonchev–Trinajstić information content (AvgIpc) is 3.09. The molecule has 0 aliphatic carbocycles. The van der Waals surface area contributed by atoms with E-state index in [2.05, 4.69) is 0 Å². The summed E-state index contributed by atoms with van der Waals surface area (Å²) >= 11 is 0. The summed E-state index contributed by atoms with van der Waals surface area (Å²) in [4.78, 5) is 14.4. The number of furan rings is 1. The second-order valence-corrected chi connectivity index (χ2v) is 5.70. The summed E-state index contributed by atoms with van der Waals surface area (Å²) in [5.74, 6) is 0.181. The molecular formula is C20H18FNO2. The van der Waals surface area contributed by atoms with E-state index in [-0.39, 0.29) is 24.8 Å². The third-order valence-electron chi connectivity index (χ3n) is 3.83. The molecule has 0 unspecified atom stereocenters. The van der Waals surface area contributed by atoms with Crippen molar-refractivity contribution < 1.29 is 13.6 Å². The van der Waals surface area contributed by atoms with E-state index < -0.39 is 0 Å². The molecule has 3 nitrogen and oxygen atoms in total. The number of carbonyl (C=O) groups excluding carboxylic acids is 1. The van der Waals surface area contributed by atoms with Gasteiger partial charge >= 0.3 is 0 Å². The average molecular weight is 323 g/mol. The van der Waals surface area contributed by atoms with Crippen LogP contribution in [-0.4, -0.2) is 10.8 Å². The molecule has 4 heteroatoms. The first-order chi connectivity index (χ1) is 11.6. The van der Waals surface area contributed by atoms with Gasteiger partial charge in [0, 0.05) is 17.7 Å². The van der Waals surface area contributed by atoms with Crippen LogP contribution in [0.25, 0.3) is 0 Å². The predicted octanol–water partition coefficient (Wildman–Crippen LogP) is 4.57. The molecule has 0 N–H and O–H groups in total. The van der Waals surface area contributed by atoms with Gasteiger partial charge in [-0.2, -0.15) is 0 Å². The summed E-state index contributed by atoms with van der Waals surface area (Å²) in [6.45, 7) is 2.43. The molecule has 0 fully saturated rings. The molecule has 0 saturated heterocycles. The van der Waals surface area contributed by atoms with Crippen LogP contribution < -0.4 is 0 Å². The van der Waals surface area contributed by atoms with Crippen LogP contribution in [0.15, 0.2) is 71.3 Å². The van der Waals surface area contributed by atoms with Crippen molar-refractivity contribution >= 4 is 5.91 Å². The molecule has 1 amide bonds. The van der Waals surface area contributed by atoms with E-state index in [0.717, 1.165) is 5.56 Å². The smallest absolute Gasteiger partial charge is 0.254 e. The van der Waals surface area contributed by atoms with E-state index in [1.165, 1.54) is 6.07 Å². The van der Waals surface area contributed by atoms with Crippen molar-refractivity contribution in [2.75, 3.05) is 0 Å². The quantitative estimate of drug-likeness (QED) is 0.689.